The first-order valence-electron chi connectivity index (χ1n) is 7.54. The van der Waals surface area contributed by atoms with Crippen LogP contribution in [-0.2, 0) is 0 Å². The summed E-state index contributed by atoms with van der Waals surface area (Å²) in [4.78, 5) is 8.37. The predicted octanol–water partition coefficient (Wildman–Crippen LogP) is 4.45. The first-order valence-corrected chi connectivity index (χ1v) is 9.41. The predicted molar refractivity (Wildman–Crippen MR) is 112 cm³/mol. The zero-order valence-electron chi connectivity index (χ0n) is 14.0. The van der Waals surface area contributed by atoms with E-state index in [4.69, 9.17) is 0 Å². The van der Waals surface area contributed by atoms with Gasteiger partial charge in [0.2, 0.25) is 0 Å². The van der Waals surface area contributed by atoms with E-state index in [9.17, 15) is 8.78 Å². The molecule has 0 radical (unpaired) electrons. The Morgan fingerprint density at radius 1 is 1.36 bits per heavy atom. The number of rotatable bonds is 7. The summed E-state index contributed by atoms with van der Waals surface area (Å²) in [5.74, 6) is -0.0862. The van der Waals surface area contributed by atoms with Crippen molar-refractivity contribution in [2.45, 2.75) is 23.7 Å². The van der Waals surface area contributed by atoms with Crippen LogP contribution in [0.15, 0.2) is 39.1 Å². The number of nitrogens with zero attached hydrogens (tertiary/aromatic N) is 2. The fourth-order valence-electron chi connectivity index (χ4n) is 1.98. The molecule has 1 aromatic carbocycles. The molecule has 0 aliphatic heterocycles. The van der Waals surface area contributed by atoms with Crippen LogP contribution in [0.1, 0.15) is 24.9 Å². The SMILES string of the molecule is CN=C(NCCCSc1nccs1)NC(C)c1ccc(F)c(F)c1.I. The summed E-state index contributed by atoms with van der Waals surface area (Å²) in [7, 11) is 1.68. The summed E-state index contributed by atoms with van der Waals surface area (Å²) in [5.41, 5.74) is 0.663. The van der Waals surface area contributed by atoms with Crippen molar-refractivity contribution < 1.29 is 8.78 Å². The van der Waals surface area contributed by atoms with Gasteiger partial charge in [0, 0.05) is 30.9 Å². The van der Waals surface area contributed by atoms with Gasteiger partial charge in [0.1, 0.15) is 4.34 Å². The molecule has 0 aliphatic carbocycles. The first kappa shape index (κ1) is 22.1. The highest BCUT2D eigenvalue weighted by Crippen LogP contribution is 2.20. The van der Waals surface area contributed by atoms with E-state index in [2.05, 4.69) is 20.6 Å². The van der Waals surface area contributed by atoms with Crippen molar-refractivity contribution in [3.63, 3.8) is 0 Å². The minimum atomic E-state index is -0.844. The Labute approximate surface area is 171 Å². The summed E-state index contributed by atoms with van der Waals surface area (Å²) in [6.45, 7) is 2.64. The number of guanidine groups is 1. The molecule has 4 nitrogen and oxygen atoms in total. The number of halogens is 3. The fraction of sp³-hybridized carbons (Fsp3) is 0.375. The van der Waals surface area contributed by atoms with Crippen molar-refractivity contribution in [2.75, 3.05) is 19.3 Å². The number of benzene rings is 1. The maximum absolute atomic E-state index is 13.3. The molecule has 9 heteroatoms. The van der Waals surface area contributed by atoms with Crippen molar-refractivity contribution in [3.05, 3.63) is 47.0 Å². The van der Waals surface area contributed by atoms with E-state index < -0.39 is 11.6 Å². The normalized spacial score (nSPS) is 12.4. The lowest BCUT2D eigenvalue weighted by Gasteiger charge is -2.18. The van der Waals surface area contributed by atoms with Gasteiger partial charge in [-0.15, -0.1) is 35.3 Å². The zero-order chi connectivity index (χ0) is 17.4. The first-order chi connectivity index (χ1) is 11.6. The molecule has 1 heterocycles. The number of thiazole rings is 1. The third kappa shape index (κ3) is 7.45. The van der Waals surface area contributed by atoms with E-state index in [0.29, 0.717) is 11.5 Å². The maximum atomic E-state index is 13.3. The van der Waals surface area contributed by atoms with Crippen LogP contribution in [0, 0.1) is 11.6 Å². The van der Waals surface area contributed by atoms with Gasteiger partial charge in [-0.3, -0.25) is 4.99 Å². The average molecular weight is 498 g/mol. The van der Waals surface area contributed by atoms with E-state index >= 15 is 0 Å². The van der Waals surface area contributed by atoms with Gasteiger partial charge in [-0.05, 0) is 31.0 Å². The average Bonchev–Trinajstić information content (AvgIpc) is 3.09. The molecule has 2 rings (SSSR count). The number of hydrogen-bond donors (Lipinski definition) is 2. The highest BCUT2D eigenvalue weighted by atomic mass is 127. The van der Waals surface area contributed by atoms with Crippen LogP contribution >= 0.6 is 47.1 Å². The summed E-state index contributed by atoms with van der Waals surface area (Å²) in [5, 5.41) is 8.35. The summed E-state index contributed by atoms with van der Waals surface area (Å²) >= 11 is 3.37. The van der Waals surface area contributed by atoms with Gasteiger partial charge in [0.05, 0.1) is 6.04 Å². The van der Waals surface area contributed by atoms with Crippen molar-refractivity contribution in [3.8, 4) is 0 Å². The van der Waals surface area contributed by atoms with E-state index in [0.717, 1.165) is 29.1 Å². The van der Waals surface area contributed by atoms with Crippen LogP contribution in [0.25, 0.3) is 0 Å². The van der Waals surface area contributed by atoms with Gasteiger partial charge in [-0.1, -0.05) is 17.8 Å². The van der Waals surface area contributed by atoms with Gasteiger partial charge in [-0.25, -0.2) is 13.8 Å². The fourth-order valence-corrected chi connectivity index (χ4v) is 3.63. The molecule has 0 bridgehead atoms. The number of aromatic nitrogens is 1. The molecule has 0 spiro atoms. The van der Waals surface area contributed by atoms with Crippen molar-refractivity contribution in [2.24, 2.45) is 4.99 Å². The Bertz CT molecular complexity index is 668. The second-order valence-electron chi connectivity index (χ2n) is 5.04. The molecular weight excluding hydrogens is 477 g/mol. The van der Waals surface area contributed by atoms with Crippen molar-refractivity contribution >= 4 is 53.0 Å². The number of thioether (sulfide) groups is 1. The highest BCUT2D eigenvalue weighted by molar-refractivity contribution is 14.0. The molecule has 0 aliphatic rings. The monoisotopic (exact) mass is 498 g/mol. The molecule has 0 saturated carbocycles. The summed E-state index contributed by atoms with van der Waals surface area (Å²) < 4.78 is 27.4. The largest absolute Gasteiger partial charge is 0.356 e. The van der Waals surface area contributed by atoms with Crippen LogP contribution in [0.5, 0.6) is 0 Å². The molecule has 0 saturated heterocycles. The van der Waals surface area contributed by atoms with Gasteiger partial charge in [0.25, 0.3) is 0 Å². The van der Waals surface area contributed by atoms with Crippen LogP contribution in [0.3, 0.4) is 0 Å². The topological polar surface area (TPSA) is 49.3 Å². The molecule has 2 aromatic rings. The lowest BCUT2D eigenvalue weighted by molar-refractivity contribution is 0.504. The smallest absolute Gasteiger partial charge is 0.191 e. The molecule has 0 fully saturated rings. The quantitative estimate of drug-likeness (QED) is 0.195. The number of nitrogens with one attached hydrogen (secondary N) is 2. The molecule has 1 unspecified atom stereocenters. The molecule has 0 amide bonds. The standard InChI is InChI=1S/C16H20F2N4S2.HI/c1-11(12-4-5-13(17)14(18)10-12)22-15(19-2)20-6-3-8-23-16-21-7-9-24-16;/h4-5,7,9-11H,3,6,8H2,1-2H3,(H2,19,20,22);1H. The lowest BCUT2D eigenvalue weighted by atomic mass is 10.1. The van der Waals surface area contributed by atoms with Crippen LogP contribution in [0.4, 0.5) is 8.78 Å². The van der Waals surface area contributed by atoms with E-state index in [-0.39, 0.29) is 30.0 Å². The van der Waals surface area contributed by atoms with E-state index in [1.807, 2.05) is 12.3 Å². The Morgan fingerprint density at radius 3 is 2.80 bits per heavy atom. The van der Waals surface area contributed by atoms with Crippen LogP contribution in [0.2, 0.25) is 0 Å². The van der Waals surface area contributed by atoms with Crippen LogP contribution < -0.4 is 10.6 Å². The molecule has 1 atom stereocenters. The third-order valence-electron chi connectivity index (χ3n) is 3.27. The molecule has 138 valence electrons. The molecule has 25 heavy (non-hydrogen) atoms. The Kier molecular flexibility index (Phi) is 10.3. The minimum Gasteiger partial charge on any atom is -0.356 e. The van der Waals surface area contributed by atoms with Gasteiger partial charge >= 0.3 is 0 Å². The Morgan fingerprint density at radius 2 is 2.16 bits per heavy atom. The van der Waals surface area contributed by atoms with Gasteiger partial charge in [0.15, 0.2) is 17.6 Å². The number of hydrogen-bond acceptors (Lipinski definition) is 4. The van der Waals surface area contributed by atoms with E-state index in [1.165, 1.54) is 6.07 Å². The second kappa shape index (κ2) is 11.6. The Hall–Kier alpha value is -0.940. The Balaban J connectivity index is 0.00000312. The number of aliphatic imine (C=N–C) groups is 1. The van der Waals surface area contributed by atoms with Crippen molar-refractivity contribution in [1.29, 1.82) is 0 Å². The summed E-state index contributed by atoms with van der Waals surface area (Å²) in [6.07, 6.45) is 2.77. The van der Waals surface area contributed by atoms with Crippen molar-refractivity contribution in [1.82, 2.24) is 15.6 Å². The molecule has 2 N–H and O–H groups in total. The lowest BCUT2D eigenvalue weighted by Crippen LogP contribution is -2.39. The summed E-state index contributed by atoms with van der Waals surface area (Å²) in [6, 6.07) is 3.71. The second-order valence-corrected chi connectivity index (χ2v) is 7.28. The van der Waals surface area contributed by atoms with Gasteiger partial charge < -0.3 is 10.6 Å². The third-order valence-corrected chi connectivity index (χ3v) is 5.32. The minimum absolute atomic E-state index is 0. The van der Waals surface area contributed by atoms with Gasteiger partial charge in [-0.2, -0.15) is 0 Å². The highest BCUT2D eigenvalue weighted by Gasteiger charge is 2.10. The zero-order valence-corrected chi connectivity index (χ0v) is 17.9. The van der Waals surface area contributed by atoms with Crippen LogP contribution in [-0.4, -0.2) is 30.3 Å². The molecule has 1 aromatic heterocycles. The van der Waals surface area contributed by atoms with E-state index in [1.54, 1.807) is 42.4 Å². The maximum Gasteiger partial charge on any atom is 0.191 e. The molecular formula is C16H21F2IN4S2.